The molecule has 1 fully saturated rings. The fourth-order valence-corrected chi connectivity index (χ4v) is 2.70. The molecule has 0 N–H and O–H groups in total. The summed E-state index contributed by atoms with van der Waals surface area (Å²) >= 11 is 0. The number of piperidine rings is 1. The number of carbonyl (C=O) groups is 1. The Labute approximate surface area is 120 Å². The van der Waals surface area contributed by atoms with Crippen LogP contribution in [0.5, 0.6) is 0 Å². The maximum Gasteiger partial charge on any atom is 0.249 e. The van der Waals surface area contributed by atoms with E-state index in [2.05, 4.69) is 16.5 Å². The number of likely N-dealkylation sites (tertiary alicyclic amines) is 1. The molecule has 0 spiro atoms. The summed E-state index contributed by atoms with van der Waals surface area (Å²) in [6.07, 6.45) is 7.09. The third-order valence-electron chi connectivity index (χ3n) is 3.75. The molecule has 5 heteroatoms. The van der Waals surface area contributed by atoms with Crippen molar-refractivity contribution in [1.29, 1.82) is 0 Å². The van der Waals surface area contributed by atoms with Crippen LogP contribution in [0, 0.1) is 0 Å². The number of amides is 1. The Morgan fingerprint density at radius 1 is 1.50 bits per heavy atom. The van der Waals surface area contributed by atoms with Crippen molar-refractivity contribution in [3.63, 3.8) is 0 Å². The number of hydrogen-bond acceptors (Lipinski definition) is 3. The summed E-state index contributed by atoms with van der Waals surface area (Å²) in [6, 6.07) is 0.0990. The Morgan fingerprint density at radius 3 is 3.00 bits per heavy atom. The Kier molecular flexibility index (Phi) is 5.17. The number of ether oxygens (including phenoxy) is 1. The summed E-state index contributed by atoms with van der Waals surface area (Å²) in [7, 11) is 0. The fourth-order valence-electron chi connectivity index (χ4n) is 2.70. The zero-order chi connectivity index (χ0) is 14.5. The number of rotatable bonds is 5. The predicted octanol–water partition coefficient (Wildman–Crippen LogP) is 2.38. The lowest BCUT2D eigenvalue weighted by Crippen LogP contribution is -2.41. The van der Waals surface area contributed by atoms with Crippen molar-refractivity contribution in [3.05, 3.63) is 18.2 Å². The van der Waals surface area contributed by atoms with Crippen LogP contribution in [0.1, 0.15) is 51.9 Å². The van der Waals surface area contributed by atoms with Gasteiger partial charge < -0.3 is 14.2 Å². The average molecular weight is 279 g/mol. The molecular formula is C15H25N3O2. The lowest BCUT2D eigenvalue weighted by Gasteiger charge is -2.35. The third kappa shape index (κ3) is 3.39. The molecule has 1 aromatic rings. The first-order chi connectivity index (χ1) is 9.63. The van der Waals surface area contributed by atoms with Crippen molar-refractivity contribution in [3.8, 4) is 0 Å². The van der Waals surface area contributed by atoms with Gasteiger partial charge in [-0.25, -0.2) is 4.98 Å². The summed E-state index contributed by atoms with van der Waals surface area (Å²) < 4.78 is 7.59. The molecule has 0 radical (unpaired) electrons. The first-order valence-electron chi connectivity index (χ1n) is 7.55. The third-order valence-corrected chi connectivity index (χ3v) is 3.75. The molecule has 0 bridgehead atoms. The Morgan fingerprint density at radius 2 is 2.30 bits per heavy atom. The highest BCUT2D eigenvalue weighted by Crippen LogP contribution is 2.30. The number of aryl methyl sites for hydroxylation is 1. The van der Waals surface area contributed by atoms with E-state index in [0.29, 0.717) is 0 Å². The molecule has 1 amide bonds. The minimum Gasteiger partial charge on any atom is -0.369 e. The maximum atomic E-state index is 12.4. The molecule has 5 nitrogen and oxygen atoms in total. The molecule has 1 saturated heterocycles. The SMILES string of the molecule is CCn1ccnc1C1CCCCN1C(=O)COC(C)C. The zero-order valence-electron chi connectivity index (χ0n) is 12.7. The van der Waals surface area contributed by atoms with Crippen molar-refractivity contribution in [1.82, 2.24) is 14.5 Å². The Balaban J connectivity index is 2.11. The lowest BCUT2D eigenvalue weighted by molar-refractivity contribution is -0.141. The smallest absolute Gasteiger partial charge is 0.249 e. The van der Waals surface area contributed by atoms with E-state index >= 15 is 0 Å². The molecule has 0 aliphatic carbocycles. The molecule has 1 atom stereocenters. The number of nitrogens with zero attached hydrogens (tertiary/aromatic N) is 3. The molecule has 1 aromatic heterocycles. The van der Waals surface area contributed by atoms with Gasteiger partial charge in [-0.15, -0.1) is 0 Å². The van der Waals surface area contributed by atoms with Crippen LogP contribution in [0.3, 0.4) is 0 Å². The van der Waals surface area contributed by atoms with Gasteiger partial charge in [0.1, 0.15) is 12.4 Å². The summed E-state index contributed by atoms with van der Waals surface area (Å²) in [6.45, 7) is 7.86. The minimum atomic E-state index is 0.0778. The van der Waals surface area contributed by atoms with E-state index in [4.69, 9.17) is 4.74 Å². The van der Waals surface area contributed by atoms with E-state index in [1.165, 1.54) is 0 Å². The normalized spacial score (nSPS) is 19.6. The van der Waals surface area contributed by atoms with Gasteiger partial charge in [-0.1, -0.05) is 0 Å². The molecular weight excluding hydrogens is 254 g/mol. The maximum absolute atomic E-state index is 12.4. The molecule has 1 aliphatic heterocycles. The van der Waals surface area contributed by atoms with Crippen LogP contribution >= 0.6 is 0 Å². The van der Waals surface area contributed by atoms with Gasteiger partial charge in [0.25, 0.3) is 0 Å². The van der Waals surface area contributed by atoms with Crippen molar-refractivity contribution >= 4 is 5.91 Å². The van der Waals surface area contributed by atoms with Crippen molar-refractivity contribution in [2.24, 2.45) is 0 Å². The molecule has 112 valence electrons. The van der Waals surface area contributed by atoms with Crippen LogP contribution in [0.15, 0.2) is 12.4 Å². The van der Waals surface area contributed by atoms with Gasteiger partial charge in [-0.05, 0) is 40.0 Å². The van der Waals surface area contributed by atoms with Gasteiger partial charge >= 0.3 is 0 Å². The quantitative estimate of drug-likeness (QED) is 0.831. The number of imidazole rings is 1. The van der Waals surface area contributed by atoms with E-state index in [-0.39, 0.29) is 24.7 Å². The van der Waals surface area contributed by atoms with Gasteiger partial charge in [-0.2, -0.15) is 0 Å². The second-order valence-electron chi connectivity index (χ2n) is 5.53. The highest BCUT2D eigenvalue weighted by molar-refractivity contribution is 5.78. The van der Waals surface area contributed by atoms with Gasteiger partial charge in [0, 0.05) is 25.5 Å². The second-order valence-corrected chi connectivity index (χ2v) is 5.53. The van der Waals surface area contributed by atoms with E-state index in [9.17, 15) is 4.79 Å². The number of carbonyl (C=O) groups excluding carboxylic acids is 1. The van der Waals surface area contributed by atoms with E-state index < -0.39 is 0 Å². The molecule has 1 unspecified atom stereocenters. The molecule has 2 heterocycles. The standard InChI is InChI=1S/C15H25N3O2/c1-4-17-10-8-16-15(17)13-7-5-6-9-18(13)14(19)11-20-12(2)3/h8,10,12-13H,4-7,9,11H2,1-3H3. The summed E-state index contributed by atoms with van der Waals surface area (Å²) in [5.74, 6) is 1.08. The van der Waals surface area contributed by atoms with Crippen LogP contribution in [0.25, 0.3) is 0 Å². The highest BCUT2D eigenvalue weighted by atomic mass is 16.5. The monoisotopic (exact) mass is 279 g/mol. The van der Waals surface area contributed by atoms with Crippen LogP contribution in [-0.4, -0.2) is 39.6 Å². The summed E-state index contributed by atoms with van der Waals surface area (Å²) in [4.78, 5) is 18.8. The predicted molar refractivity (Wildman–Crippen MR) is 77.3 cm³/mol. The fraction of sp³-hybridized carbons (Fsp3) is 0.733. The van der Waals surface area contributed by atoms with Crippen LogP contribution < -0.4 is 0 Å². The van der Waals surface area contributed by atoms with Crippen LogP contribution in [0.2, 0.25) is 0 Å². The topological polar surface area (TPSA) is 47.4 Å². The van der Waals surface area contributed by atoms with Crippen LogP contribution in [-0.2, 0) is 16.1 Å². The Bertz CT molecular complexity index is 442. The molecule has 0 saturated carbocycles. The summed E-state index contributed by atoms with van der Waals surface area (Å²) in [5, 5.41) is 0. The van der Waals surface area contributed by atoms with Crippen molar-refractivity contribution in [2.75, 3.05) is 13.2 Å². The second kappa shape index (κ2) is 6.88. The van der Waals surface area contributed by atoms with E-state index in [0.717, 1.165) is 38.2 Å². The minimum absolute atomic E-state index is 0.0778. The van der Waals surface area contributed by atoms with Gasteiger partial charge in [0.2, 0.25) is 5.91 Å². The highest BCUT2D eigenvalue weighted by Gasteiger charge is 2.30. The first-order valence-corrected chi connectivity index (χ1v) is 7.55. The molecule has 1 aliphatic rings. The van der Waals surface area contributed by atoms with Crippen molar-refractivity contribution in [2.45, 2.75) is 58.7 Å². The molecule has 2 rings (SSSR count). The summed E-state index contributed by atoms with van der Waals surface area (Å²) in [5.41, 5.74) is 0. The first kappa shape index (κ1) is 15.0. The van der Waals surface area contributed by atoms with Gasteiger partial charge in [0.05, 0.1) is 12.1 Å². The Hall–Kier alpha value is -1.36. The van der Waals surface area contributed by atoms with Gasteiger partial charge in [0.15, 0.2) is 0 Å². The zero-order valence-corrected chi connectivity index (χ0v) is 12.7. The molecule has 0 aromatic carbocycles. The largest absolute Gasteiger partial charge is 0.369 e. The van der Waals surface area contributed by atoms with E-state index in [1.807, 2.05) is 31.1 Å². The van der Waals surface area contributed by atoms with E-state index in [1.54, 1.807) is 0 Å². The number of aromatic nitrogens is 2. The average Bonchev–Trinajstić information content (AvgIpc) is 2.93. The van der Waals surface area contributed by atoms with Gasteiger partial charge in [-0.3, -0.25) is 4.79 Å². The molecule has 20 heavy (non-hydrogen) atoms. The number of hydrogen-bond donors (Lipinski definition) is 0. The van der Waals surface area contributed by atoms with Crippen molar-refractivity contribution < 1.29 is 9.53 Å². The van der Waals surface area contributed by atoms with Crippen LogP contribution in [0.4, 0.5) is 0 Å². The lowest BCUT2D eigenvalue weighted by atomic mass is 10.0.